The summed E-state index contributed by atoms with van der Waals surface area (Å²) in [6, 6.07) is 2.06. The SMILES string of the molecule is CN(C)c1ccc(O)c2c1C[C@H]1C[C@@H]3[C@H](N(C)C)C(O)=C(C(N)=O)C(=O)[C@@]3(O)C(O)=C1C2=O.Cl.Cl.O. The number of primary amides is 1. The highest BCUT2D eigenvalue weighted by atomic mass is 35.5. The second kappa shape index (κ2) is 10.3. The van der Waals surface area contributed by atoms with Gasteiger partial charge >= 0.3 is 0 Å². The second-order valence-corrected chi connectivity index (χ2v) is 9.31. The van der Waals surface area contributed by atoms with E-state index in [1.807, 2.05) is 0 Å². The monoisotopic (exact) mass is 547 g/mol. The van der Waals surface area contributed by atoms with Gasteiger partial charge in [0, 0.05) is 31.3 Å². The normalized spacial score (nSPS) is 26.7. The van der Waals surface area contributed by atoms with Crippen LogP contribution in [-0.4, -0.2) is 88.1 Å². The number of aromatic hydroxyl groups is 1. The number of nitrogens with zero attached hydrogens (tertiary/aromatic N) is 2. The number of allylic oxidation sites excluding steroid dienone is 1. The van der Waals surface area contributed by atoms with E-state index >= 15 is 0 Å². The number of fused-ring (bicyclic) bond motifs is 3. The van der Waals surface area contributed by atoms with Crippen LogP contribution in [-0.2, 0) is 16.0 Å². The summed E-state index contributed by atoms with van der Waals surface area (Å²) >= 11 is 0. The van der Waals surface area contributed by atoms with Gasteiger partial charge in [-0.1, -0.05) is 0 Å². The quantitative estimate of drug-likeness (QED) is 0.328. The molecule has 0 bridgehead atoms. The summed E-state index contributed by atoms with van der Waals surface area (Å²) in [5.41, 5.74) is 3.02. The van der Waals surface area contributed by atoms with Crippen LogP contribution in [0.1, 0.15) is 22.3 Å². The Morgan fingerprint density at radius 3 is 2.17 bits per heavy atom. The first-order valence-corrected chi connectivity index (χ1v) is 10.5. The molecule has 1 amide bonds. The zero-order valence-corrected chi connectivity index (χ0v) is 21.7. The van der Waals surface area contributed by atoms with E-state index in [1.54, 1.807) is 39.2 Å². The lowest BCUT2D eigenvalue weighted by molar-refractivity contribution is -0.148. The highest BCUT2D eigenvalue weighted by Gasteiger charge is 2.63. The number of rotatable bonds is 3. The van der Waals surface area contributed by atoms with Crippen molar-refractivity contribution in [2.75, 3.05) is 33.1 Å². The molecule has 11 nitrogen and oxygen atoms in total. The Hall–Kier alpha value is -2.83. The van der Waals surface area contributed by atoms with Crippen LogP contribution in [0.5, 0.6) is 5.75 Å². The van der Waals surface area contributed by atoms with E-state index in [2.05, 4.69) is 0 Å². The molecule has 4 atom stereocenters. The maximum absolute atomic E-state index is 13.5. The molecule has 0 aliphatic heterocycles. The number of benzene rings is 1. The first-order valence-electron chi connectivity index (χ1n) is 10.5. The van der Waals surface area contributed by atoms with Gasteiger partial charge in [0.2, 0.25) is 5.78 Å². The molecule has 0 radical (unpaired) electrons. The van der Waals surface area contributed by atoms with Crippen LogP contribution in [0.15, 0.2) is 34.8 Å². The molecule has 3 aliphatic carbocycles. The van der Waals surface area contributed by atoms with Crippen molar-refractivity contribution >= 4 is 48.0 Å². The molecule has 0 heterocycles. The van der Waals surface area contributed by atoms with Crippen LogP contribution < -0.4 is 10.6 Å². The van der Waals surface area contributed by atoms with Crippen molar-refractivity contribution in [2.24, 2.45) is 17.6 Å². The van der Waals surface area contributed by atoms with E-state index in [0.29, 0.717) is 5.56 Å². The fourth-order valence-electron chi connectivity index (χ4n) is 5.65. The Morgan fingerprint density at radius 1 is 1.08 bits per heavy atom. The topological polar surface area (TPSA) is 196 Å². The summed E-state index contributed by atoms with van der Waals surface area (Å²) in [5, 5.41) is 43.9. The maximum Gasteiger partial charge on any atom is 0.255 e. The number of phenols is 1. The van der Waals surface area contributed by atoms with E-state index in [-0.39, 0.29) is 60.0 Å². The first-order chi connectivity index (χ1) is 15.3. The molecule has 0 spiro atoms. The van der Waals surface area contributed by atoms with Crippen molar-refractivity contribution < 1.29 is 40.3 Å². The van der Waals surface area contributed by atoms with Gasteiger partial charge in [0.15, 0.2) is 11.4 Å². The lowest BCUT2D eigenvalue weighted by atomic mass is 9.58. The first kappa shape index (κ1) is 31.2. The van der Waals surface area contributed by atoms with Crippen LogP contribution in [0.3, 0.4) is 0 Å². The molecule has 4 rings (SSSR count). The van der Waals surface area contributed by atoms with E-state index in [1.165, 1.54) is 11.0 Å². The van der Waals surface area contributed by atoms with E-state index < -0.39 is 58.0 Å². The van der Waals surface area contributed by atoms with E-state index in [4.69, 9.17) is 5.73 Å². The highest BCUT2D eigenvalue weighted by molar-refractivity contribution is 6.24. The number of hydrogen-bond donors (Lipinski definition) is 5. The molecule has 1 aromatic carbocycles. The predicted octanol–water partition coefficient (Wildman–Crippen LogP) is 0.205. The third-order valence-corrected chi connectivity index (χ3v) is 7.06. The van der Waals surface area contributed by atoms with Gasteiger partial charge in [0.25, 0.3) is 5.91 Å². The number of halogens is 2. The highest BCUT2D eigenvalue weighted by Crippen LogP contribution is 2.52. The Kier molecular flexibility index (Phi) is 8.90. The van der Waals surface area contributed by atoms with Gasteiger partial charge in [0.1, 0.15) is 22.8 Å². The van der Waals surface area contributed by atoms with Crippen molar-refractivity contribution in [3.8, 4) is 5.75 Å². The minimum Gasteiger partial charge on any atom is -0.510 e. The molecule has 8 N–H and O–H groups in total. The summed E-state index contributed by atoms with van der Waals surface area (Å²) in [6.07, 6.45) is 0.324. The summed E-state index contributed by atoms with van der Waals surface area (Å²) in [5.74, 6) is -6.53. The number of amides is 1. The van der Waals surface area contributed by atoms with Crippen molar-refractivity contribution in [3.05, 3.63) is 45.9 Å². The summed E-state index contributed by atoms with van der Waals surface area (Å²) < 4.78 is 0. The number of Topliss-reactive ketones (excluding diaryl/α,β-unsaturated/α-hetero) is 2. The number of carbonyl (C=O) groups is 3. The molecular formula is C23H31Cl2N3O8. The lowest BCUT2D eigenvalue weighted by Gasteiger charge is -2.50. The van der Waals surface area contributed by atoms with Gasteiger partial charge in [-0.15, -0.1) is 24.8 Å². The van der Waals surface area contributed by atoms with Crippen LogP contribution in [0.4, 0.5) is 5.69 Å². The third-order valence-electron chi connectivity index (χ3n) is 7.06. The largest absolute Gasteiger partial charge is 0.510 e. The fraction of sp³-hybridized carbons (Fsp3) is 0.435. The van der Waals surface area contributed by atoms with Gasteiger partial charge < -0.3 is 36.5 Å². The Morgan fingerprint density at radius 2 is 1.67 bits per heavy atom. The van der Waals surface area contributed by atoms with Gasteiger partial charge in [-0.05, 0) is 50.6 Å². The van der Waals surface area contributed by atoms with Crippen LogP contribution >= 0.6 is 24.8 Å². The van der Waals surface area contributed by atoms with Crippen molar-refractivity contribution in [3.63, 3.8) is 0 Å². The number of hydrogen-bond acceptors (Lipinski definition) is 9. The minimum absolute atomic E-state index is 0. The molecule has 1 aromatic rings. The third kappa shape index (κ3) is 4.00. The number of nitrogens with two attached hydrogens (primary N) is 1. The predicted molar refractivity (Wildman–Crippen MR) is 136 cm³/mol. The summed E-state index contributed by atoms with van der Waals surface area (Å²) in [7, 11) is 6.79. The minimum atomic E-state index is -2.63. The molecule has 0 saturated carbocycles. The standard InChI is InChI=1S/C23H27N3O7.2ClH.H2O/c1-25(2)12-5-6-13(27)15-10(12)7-9-8-11-17(26(3)4)19(29)16(22(24)32)21(31)23(11,33)20(30)14(9)18(15)28;;;/h5-6,9,11,17,27,29-30,33H,7-8H2,1-4H3,(H2,24,32);2*1H;1H2/t9-,11+,17-,23-;;;/m0.../s1. The fourth-order valence-corrected chi connectivity index (χ4v) is 5.65. The lowest BCUT2D eigenvalue weighted by Crippen LogP contribution is -2.63. The zero-order chi connectivity index (χ0) is 24.6. The molecule has 0 aromatic heterocycles. The van der Waals surface area contributed by atoms with Crippen LogP contribution in [0.25, 0.3) is 0 Å². The second-order valence-electron chi connectivity index (χ2n) is 9.31. The summed E-state index contributed by atoms with van der Waals surface area (Å²) in [6.45, 7) is 0. The van der Waals surface area contributed by atoms with Gasteiger partial charge in [-0.25, -0.2) is 0 Å². The van der Waals surface area contributed by atoms with Crippen LogP contribution in [0.2, 0.25) is 0 Å². The van der Waals surface area contributed by atoms with Gasteiger partial charge in [0.05, 0.1) is 11.6 Å². The number of likely N-dealkylation sites (N-methyl/N-ethyl adjacent to an activating group) is 1. The molecule has 36 heavy (non-hydrogen) atoms. The number of aliphatic hydroxyl groups is 3. The molecular weight excluding hydrogens is 517 g/mol. The zero-order valence-electron chi connectivity index (χ0n) is 20.1. The van der Waals surface area contributed by atoms with Crippen LogP contribution in [0, 0.1) is 11.8 Å². The van der Waals surface area contributed by atoms with Gasteiger partial charge in [-0.3, -0.25) is 19.3 Å². The molecule has 3 aliphatic rings. The van der Waals surface area contributed by atoms with Crippen molar-refractivity contribution in [2.45, 2.75) is 24.5 Å². The average Bonchev–Trinajstić information content (AvgIpc) is 2.70. The number of ketones is 2. The number of phenolic OH excluding ortho intramolecular Hbond substituents is 1. The Bertz CT molecular complexity index is 1180. The number of carbonyl (C=O) groups excluding carboxylic acids is 3. The van der Waals surface area contributed by atoms with E-state index in [9.17, 15) is 34.8 Å². The van der Waals surface area contributed by atoms with Crippen molar-refractivity contribution in [1.82, 2.24) is 4.90 Å². The number of anilines is 1. The molecule has 0 saturated heterocycles. The molecule has 200 valence electrons. The smallest absolute Gasteiger partial charge is 0.255 e. The Balaban J connectivity index is 0.00000216. The molecule has 0 unspecified atom stereocenters. The number of aliphatic hydroxyl groups excluding tert-OH is 2. The molecule has 13 heteroatoms. The average molecular weight is 548 g/mol. The molecule has 0 fully saturated rings. The van der Waals surface area contributed by atoms with Crippen molar-refractivity contribution in [1.29, 1.82) is 0 Å². The van der Waals surface area contributed by atoms with E-state index in [0.717, 1.165) is 5.69 Å². The Labute approximate surface area is 220 Å². The maximum atomic E-state index is 13.5. The summed E-state index contributed by atoms with van der Waals surface area (Å²) in [4.78, 5) is 42.0. The van der Waals surface area contributed by atoms with Gasteiger partial charge in [-0.2, -0.15) is 0 Å².